The van der Waals surface area contributed by atoms with Crippen LogP contribution in [0.4, 0.5) is 0 Å². The van der Waals surface area contributed by atoms with Gasteiger partial charge in [-0.05, 0) is 12.5 Å². The predicted molar refractivity (Wildman–Crippen MR) is 79.5 cm³/mol. The number of carbonyl (C=O) groups is 1. The molecule has 0 N–H and O–H groups in total. The molecule has 1 aliphatic heterocycles. The Balaban J connectivity index is 2.19. The fourth-order valence-electron chi connectivity index (χ4n) is 2.30. The predicted octanol–water partition coefficient (Wildman–Crippen LogP) is 1.37. The first-order valence-electron chi connectivity index (χ1n) is 6.84. The second-order valence-electron chi connectivity index (χ2n) is 4.80. The van der Waals surface area contributed by atoms with Gasteiger partial charge in [0.05, 0.1) is 5.02 Å². The molecule has 0 unspecified atom stereocenters. The summed E-state index contributed by atoms with van der Waals surface area (Å²) in [6, 6.07) is 1.46. The number of nitrogens with zero attached hydrogens (tertiary/aromatic N) is 3. The highest BCUT2D eigenvalue weighted by atomic mass is 35.5. The van der Waals surface area contributed by atoms with Crippen molar-refractivity contribution in [3.05, 3.63) is 23.5 Å². The van der Waals surface area contributed by atoms with Crippen molar-refractivity contribution in [2.75, 3.05) is 26.2 Å². The number of hydrogen-bond acceptors (Lipinski definition) is 4. The lowest BCUT2D eigenvalue weighted by Gasteiger charge is -2.21. The normalized spacial score (nSPS) is 17.5. The maximum atomic E-state index is 12.6. The number of amides is 1. The van der Waals surface area contributed by atoms with Crippen molar-refractivity contribution in [3.8, 4) is 0 Å². The highest BCUT2D eigenvalue weighted by Gasteiger charge is 2.29. The Hall–Kier alpha value is -1.18. The summed E-state index contributed by atoms with van der Waals surface area (Å²) >= 11 is 5.96. The number of rotatable bonds is 3. The molecule has 0 spiro atoms. The van der Waals surface area contributed by atoms with Crippen LogP contribution in [0.5, 0.6) is 0 Å². The van der Waals surface area contributed by atoms with E-state index in [1.807, 2.05) is 0 Å². The van der Waals surface area contributed by atoms with Gasteiger partial charge in [0.2, 0.25) is 15.9 Å². The summed E-state index contributed by atoms with van der Waals surface area (Å²) in [6.45, 7) is 3.45. The summed E-state index contributed by atoms with van der Waals surface area (Å²) in [5.41, 5.74) is 0. The molecule has 0 saturated carbocycles. The van der Waals surface area contributed by atoms with Gasteiger partial charge in [-0.3, -0.25) is 9.78 Å². The molecule has 1 fully saturated rings. The Kier molecular flexibility index (Phi) is 5.18. The zero-order valence-electron chi connectivity index (χ0n) is 11.8. The van der Waals surface area contributed by atoms with Crippen LogP contribution in [0, 0.1) is 0 Å². The molecule has 21 heavy (non-hydrogen) atoms. The molecule has 6 nitrogen and oxygen atoms in total. The van der Waals surface area contributed by atoms with Gasteiger partial charge >= 0.3 is 0 Å². The summed E-state index contributed by atoms with van der Waals surface area (Å²) in [5.74, 6) is 0.0497. The molecule has 116 valence electrons. The van der Waals surface area contributed by atoms with Gasteiger partial charge in [0.25, 0.3) is 0 Å². The highest BCUT2D eigenvalue weighted by molar-refractivity contribution is 7.89. The minimum absolute atomic E-state index is 0.0157. The number of halogens is 1. The van der Waals surface area contributed by atoms with Crippen LogP contribution < -0.4 is 0 Å². The molecule has 1 saturated heterocycles. The second-order valence-corrected chi connectivity index (χ2v) is 7.11. The number of hydrogen-bond donors (Lipinski definition) is 0. The van der Waals surface area contributed by atoms with E-state index in [9.17, 15) is 13.2 Å². The van der Waals surface area contributed by atoms with E-state index in [0.717, 1.165) is 0 Å². The van der Waals surface area contributed by atoms with E-state index in [2.05, 4.69) is 4.98 Å². The number of pyridine rings is 1. The first-order chi connectivity index (χ1) is 9.96. The highest BCUT2D eigenvalue weighted by Crippen LogP contribution is 2.24. The summed E-state index contributed by atoms with van der Waals surface area (Å²) in [6.07, 6.45) is 3.76. The topological polar surface area (TPSA) is 70.6 Å². The van der Waals surface area contributed by atoms with Crippen LogP contribution in [0.15, 0.2) is 23.4 Å². The first-order valence-corrected chi connectivity index (χ1v) is 8.66. The molecule has 0 aromatic carbocycles. The molecule has 1 aromatic heterocycles. The molecular weight excluding hydrogens is 314 g/mol. The van der Waals surface area contributed by atoms with Gasteiger partial charge < -0.3 is 4.90 Å². The average Bonchev–Trinajstić information content (AvgIpc) is 2.73. The van der Waals surface area contributed by atoms with Gasteiger partial charge in [-0.1, -0.05) is 18.5 Å². The minimum atomic E-state index is -3.67. The zero-order valence-corrected chi connectivity index (χ0v) is 13.4. The monoisotopic (exact) mass is 331 g/mol. The van der Waals surface area contributed by atoms with Crippen LogP contribution in [-0.4, -0.2) is 54.7 Å². The van der Waals surface area contributed by atoms with E-state index in [0.29, 0.717) is 32.5 Å². The summed E-state index contributed by atoms with van der Waals surface area (Å²) < 4.78 is 26.6. The standard InChI is InChI=1S/C13H18ClN3O3S/c1-2-13(18)16-6-3-7-17(9-8-16)21(19,20)12-10-15-5-4-11(12)14/h4-5,10H,2-3,6-9H2,1H3. The van der Waals surface area contributed by atoms with Crippen LogP contribution in [0.2, 0.25) is 5.02 Å². The van der Waals surface area contributed by atoms with Gasteiger partial charge in [0, 0.05) is 45.0 Å². The molecule has 1 aromatic rings. The molecular formula is C13H18ClN3O3S. The molecule has 8 heteroatoms. The lowest BCUT2D eigenvalue weighted by Crippen LogP contribution is -2.37. The third-order valence-electron chi connectivity index (χ3n) is 3.46. The van der Waals surface area contributed by atoms with Crippen molar-refractivity contribution in [3.63, 3.8) is 0 Å². The third-order valence-corrected chi connectivity index (χ3v) is 5.83. The summed E-state index contributed by atoms with van der Waals surface area (Å²) in [4.78, 5) is 17.3. The van der Waals surface area contributed by atoms with Crippen LogP contribution in [0.3, 0.4) is 0 Å². The van der Waals surface area contributed by atoms with E-state index in [1.54, 1.807) is 11.8 Å². The molecule has 2 heterocycles. The Morgan fingerprint density at radius 3 is 2.76 bits per heavy atom. The molecule has 0 aliphatic carbocycles. The second kappa shape index (κ2) is 6.72. The number of carbonyl (C=O) groups excluding carboxylic acids is 1. The van der Waals surface area contributed by atoms with Crippen LogP contribution in [0.25, 0.3) is 0 Å². The van der Waals surface area contributed by atoms with Crippen LogP contribution in [0.1, 0.15) is 19.8 Å². The van der Waals surface area contributed by atoms with Gasteiger partial charge in [-0.25, -0.2) is 8.42 Å². The Morgan fingerprint density at radius 1 is 1.33 bits per heavy atom. The third kappa shape index (κ3) is 3.53. The van der Waals surface area contributed by atoms with Crippen LogP contribution >= 0.6 is 11.6 Å². The van der Waals surface area contributed by atoms with Crippen molar-refractivity contribution in [1.82, 2.24) is 14.2 Å². The van der Waals surface area contributed by atoms with E-state index in [1.165, 1.54) is 22.8 Å². The van der Waals surface area contributed by atoms with Crippen molar-refractivity contribution in [1.29, 1.82) is 0 Å². The van der Waals surface area contributed by atoms with E-state index in [4.69, 9.17) is 11.6 Å². The molecule has 0 radical (unpaired) electrons. The largest absolute Gasteiger partial charge is 0.341 e. The smallest absolute Gasteiger partial charge is 0.246 e. The average molecular weight is 332 g/mol. The van der Waals surface area contributed by atoms with Gasteiger partial charge in [0.1, 0.15) is 4.90 Å². The number of sulfonamides is 1. The van der Waals surface area contributed by atoms with Gasteiger partial charge in [0.15, 0.2) is 0 Å². The number of aromatic nitrogens is 1. The van der Waals surface area contributed by atoms with Crippen molar-refractivity contribution >= 4 is 27.5 Å². The lowest BCUT2D eigenvalue weighted by molar-refractivity contribution is -0.130. The molecule has 1 amide bonds. The van der Waals surface area contributed by atoms with E-state index in [-0.39, 0.29) is 22.4 Å². The van der Waals surface area contributed by atoms with Crippen molar-refractivity contribution in [2.45, 2.75) is 24.7 Å². The Labute approximate surface area is 129 Å². The maximum absolute atomic E-state index is 12.6. The zero-order chi connectivity index (χ0) is 15.5. The quantitative estimate of drug-likeness (QED) is 0.838. The van der Waals surface area contributed by atoms with Crippen molar-refractivity contribution < 1.29 is 13.2 Å². The van der Waals surface area contributed by atoms with Crippen molar-refractivity contribution in [2.24, 2.45) is 0 Å². The fourth-order valence-corrected chi connectivity index (χ4v) is 4.17. The van der Waals surface area contributed by atoms with E-state index < -0.39 is 10.0 Å². The fraction of sp³-hybridized carbons (Fsp3) is 0.538. The molecule has 0 bridgehead atoms. The summed E-state index contributed by atoms with van der Waals surface area (Å²) in [7, 11) is -3.67. The van der Waals surface area contributed by atoms with Gasteiger partial charge in [-0.2, -0.15) is 4.31 Å². The summed E-state index contributed by atoms with van der Waals surface area (Å²) in [5, 5.41) is 0.163. The minimum Gasteiger partial charge on any atom is -0.341 e. The molecule has 0 atom stereocenters. The van der Waals surface area contributed by atoms with Gasteiger partial charge in [-0.15, -0.1) is 0 Å². The van der Waals surface area contributed by atoms with Crippen LogP contribution in [-0.2, 0) is 14.8 Å². The Bertz CT molecular complexity index is 621. The SMILES string of the molecule is CCC(=O)N1CCCN(S(=O)(=O)c2cnccc2Cl)CC1. The first kappa shape index (κ1) is 16.2. The molecule has 1 aliphatic rings. The maximum Gasteiger partial charge on any atom is 0.246 e. The van der Waals surface area contributed by atoms with E-state index >= 15 is 0 Å². The Morgan fingerprint density at radius 2 is 2.10 bits per heavy atom. The lowest BCUT2D eigenvalue weighted by atomic mass is 10.3. The molecule has 2 rings (SSSR count).